The van der Waals surface area contributed by atoms with Crippen LogP contribution in [-0.2, 0) is 14.6 Å². The third-order valence-corrected chi connectivity index (χ3v) is 4.66. The first-order valence-electron chi connectivity index (χ1n) is 4.74. The van der Waals surface area contributed by atoms with E-state index in [-0.39, 0.29) is 11.5 Å². The first-order chi connectivity index (χ1) is 6.85. The second-order valence-corrected chi connectivity index (χ2v) is 6.44. The van der Waals surface area contributed by atoms with E-state index in [1.54, 1.807) is 0 Å². The molecular formula is C8H13NO5S. The molecule has 1 aliphatic carbocycles. The van der Waals surface area contributed by atoms with Crippen LogP contribution < -0.4 is 5.32 Å². The van der Waals surface area contributed by atoms with Gasteiger partial charge in [0.1, 0.15) is 5.54 Å². The summed E-state index contributed by atoms with van der Waals surface area (Å²) in [5, 5.41) is 21.1. The monoisotopic (exact) mass is 235 g/mol. The summed E-state index contributed by atoms with van der Waals surface area (Å²) in [6.45, 7) is 0. The van der Waals surface area contributed by atoms with Crippen LogP contribution in [0.3, 0.4) is 0 Å². The third-order valence-electron chi connectivity index (χ3n) is 2.94. The summed E-state index contributed by atoms with van der Waals surface area (Å²) >= 11 is 0. The Morgan fingerprint density at radius 3 is 2.27 bits per heavy atom. The number of hydrogen-bond donors (Lipinski definition) is 3. The van der Waals surface area contributed by atoms with Crippen LogP contribution in [0.4, 0.5) is 0 Å². The maximum atomic E-state index is 11.2. The van der Waals surface area contributed by atoms with E-state index in [9.17, 15) is 18.3 Å². The molecule has 86 valence electrons. The minimum absolute atomic E-state index is 0.177. The van der Waals surface area contributed by atoms with Crippen LogP contribution in [0.1, 0.15) is 12.8 Å². The molecule has 2 rings (SSSR count). The molecule has 2 atom stereocenters. The average Bonchev–Trinajstić information content (AvgIpc) is 2.77. The predicted octanol–water partition coefficient (Wildman–Crippen LogP) is -1.65. The van der Waals surface area contributed by atoms with Crippen molar-refractivity contribution in [2.45, 2.75) is 30.5 Å². The molecule has 0 spiro atoms. The van der Waals surface area contributed by atoms with Crippen molar-refractivity contribution in [1.29, 1.82) is 0 Å². The smallest absolute Gasteiger partial charge is 0.323 e. The zero-order valence-corrected chi connectivity index (χ0v) is 8.83. The highest BCUT2D eigenvalue weighted by molar-refractivity contribution is 7.91. The van der Waals surface area contributed by atoms with Crippen molar-refractivity contribution in [2.75, 3.05) is 11.5 Å². The molecular weight excluding hydrogens is 222 g/mol. The Morgan fingerprint density at radius 2 is 1.93 bits per heavy atom. The summed E-state index contributed by atoms with van der Waals surface area (Å²) in [6, 6.07) is -0.645. The van der Waals surface area contributed by atoms with Gasteiger partial charge in [-0.05, 0) is 12.8 Å². The molecule has 1 saturated heterocycles. The molecule has 1 saturated carbocycles. The van der Waals surface area contributed by atoms with E-state index in [0.717, 1.165) is 0 Å². The van der Waals surface area contributed by atoms with Crippen LogP contribution in [0.25, 0.3) is 0 Å². The number of aliphatic hydroxyl groups excluding tert-OH is 1. The van der Waals surface area contributed by atoms with E-state index >= 15 is 0 Å². The van der Waals surface area contributed by atoms with Gasteiger partial charge >= 0.3 is 5.97 Å². The van der Waals surface area contributed by atoms with Crippen LogP contribution in [0.15, 0.2) is 0 Å². The van der Waals surface area contributed by atoms with E-state index in [4.69, 9.17) is 5.11 Å². The largest absolute Gasteiger partial charge is 0.480 e. The van der Waals surface area contributed by atoms with Crippen molar-refractivity contribution in [2.24, 2.45) is 0 Å². The van der Waals surface area contributed by atoms with Crippen LogP contribution >= 0.6 is 0 Å². The zero-order chi connectivity index (χ0) is 11.3. The number of sulfone groups is 1. The Morgan fingerprint density at radius 1 is 1.33 bits per heavy atom. The molecule has 0 aromatic rings. The predicted molar refractivity (Wildman–Crippen MR) is 51.2 cm³/mol. The molecule has 2 fully saturated rings. The zero-order valence-electron chi connectivity index (χ0n) is 8.01. The van der Waals surface area contributed by atoms with Gasteiger partial charge in [-0.1, -0.05) is 0 Å². The van der Waals surface area contributed by atoms with E-state index in [1.807, 2.05) is 0 Å². The second-order valence-electron chi connectivity index (χ2n) is 4.28. The average molecular weight is 235 g/mol. The molecule has 2 unspecified atom stereocenters. The lowest BCUT2D eigenvalue weighted by atomic mass is 10.1. The maximum Gasteiger partial charge on any atom is 0.323 e. The fourth-order valence-electron chi connectivity index (χ4n) is 1.87. The lowest BCUT2D eigenvalue weighted by Crippen LogP contribution is -2.50. The van der Waals surface area contributed by atoms with Gasteiger partial charge in [-0.2, -0.15) is 0 Å². The minimum atomic E-state index is -3.22. The van der Waals surface area contributed by atoms with Crippen molar-refractivity contribution in [1.82, 2.24) is 5.32 Å². The van der Waals surface area contributed by atoms with Crippen molar-refractivity contribution in [3.8, 4) is 0 Å². The van der Waals surface area contributed by atoms with Crippen molar-refractivity contribution < 1.29 is 23.4 Å². The van der Waals surface area contributed by atoms with Crippen LogP contribution in [0.5, 0.6) is 0 Å². The van der Waals surface area contributed by atoms with Crippen molar-refractivity contribution in [3.05, 3.63) is 0 Å². The summed E-state index contributed by atoms with van der Waals surface area (Å²) in [5.41, 5.74) is -0.995. The summed E-state index contributed by atoms with van der Waals surface area (Å²) in [7, 11) is -3.22. The van der Waals surface area contributed by atoms with E-state index < -0.39 is 33.5 Å². The van der Waals surface area contributed by atoms with Gasteiger partial charge in [-0.25, -0.2) is 8.42 Å². The number of rotatable bonds is 3. The Kier molecular flexibility index (Phi) is 2.29. The molecule has 0 radical (unpaired) electrons. The molecule has 7 heteroatoms. The number of hydrogen-bond acceptors (Lipinski definition) is 5. The molecule has 0 aromatic carbocycles. The molecule has 2 aliphatic rings. The summed E-state index contributed by atoms with van der Waals surface area (Å²) in [5.74, 6) is -1.43. The van der Waals surface area contributed by atoms with Crippen LogP contribution in [-0.4, -0.2) is 53.8 Å². The molecule has 6 nitrogen and oxygen atoms in total. The van der Waals surface area contributed by atoms with E-state index in [2.05, 4.69) is 5.32 Å². The van der Waals surface area contributed by atoms with Crippen molar-refractivity contribution >= 4 is 15.8 Å². The molecule has 0 amide bonds. The Hall–Kier alpha value is -0.660. The van der Waals surface area contributed by atoms with E-state index in [1.165, 1.54) is 0 Å². The highest BCUT2D eigenvalue weighted by Crippen LogP contribution is 2.37. The quantitative estimate of drug-likeness (QED) is 0.541. The van der Waals surface area contributed by atoms with Gasteiger partial charge in [0.2, 0.25) is 0 Å². The van der Waals surface area contributed by atoms with Gasteiger partial charge < -0.3 is 10.2 Å². The normalized spacial score (nSPS) is 36.3. The molecule has 0 bridgehead atoms. The number of aliphatic carboxylic acids is 1. The number of carboxylic acid groups (broad SMARTS) is 1. The fraction of sp³-hybridized carbons (Fsp3) is 0.875. The van der Waals surface area contributed by atoms with Gasteiger partial charge in [-0.3, -0.25) is 10.1 Å². The second kappa shape index (κ2) is 3.16. The Balaban J connectivity index is 2.05. The summed E-state index contributed by atoms with van der Waals surface area (Å²) in [4.78, 5) is 10.8. The SMILES string of the molecule is O=C(O)C1(NC2CS(=O)(=O)CC2O)CC1. The van der Waals surface area contributed by atoms with Gasteiger partial charge in [0.25, 0.3) is 0 Å². The highest BCUT2D eigenvalue weighted by Gasteiger charge is 2.53. The van der Waals surface area contributed by atoms with Gasteiger partial charge in [0.15, 0.2) is 9.84 Å². The Labute approximate surface area is 87.2 Å². The topological polar surface area (TPSA) is 104 Å². The first kappa shape index (κ1) is 10.8. The first-order valence-corrected chi connectivity index (χ1v) is 6.56. The number of aliphatic hydroxyl groups is 1. The van der Waals surface area contributed by atoms with Gasteiger partial charge in [0, 0.05) is 6.04 Å². The Bertz CT molecular complexity index is 386. The maximum absolute atomic E-state index is 11.2. The van der Waals surface area contributed by atoms with Crippen LogP contribution in [0, 0.1) is 0 Å². The van der Waals surface area contributed by atoms with E-state index in [0.29, 0.717) is 12.8 Å². The van der Waals surface area contributed by atoms with Crippen molar-refractivity contribution in [3.63, 3.8) is 0 Å². The lowest BCUT2D eigenvalue weighted by molar-refractivity contribution is -0.141. The fourth-order valence-corrected chi connectivity index (χ4v) is 3.61. The molecule has 0 aromatic heterocycles. The molecule has 3 N–H and O–H groups in total. The lowest BCUT2D eigenvalue weighted by Gasteiger charge is -2.20. The van der Waals surface area contributed by atoms with Gasteiger partial charge in [0.05, 0.1) is 17.6 Å². The van der Waals surface area contributed by atoms with Crippen LogP contribution in [0.2, 0.25) is 0 Å². The summed E-state index contributed by atoms with van der Waals surface area (Å²) in [6.07, 6.45) is -0.0103. The molecule has 1 heterocycles. The highest BCUT2D eigenvalue weighted by atomic mass is 32.2. The standard InChI is InChI=1S/C8H13NO5S/c10-6-4-15(13,14)3-5(6)9-8(1-2-8)7(11)12/h5-6,9-10H,1-4H2,(H,11,12). The molecule has 1 aliphatic heterocycles. The summed E-state index contributed by atoms with van der Waals surface area (Å²) < 4.78 is 22.4. The minimum Gasteiger partial charge on any atom is -0.480 e. The number of carboxylic acids is 1. The molecule has 15 heavy (non-hydrogen) atoms. The van der Waals surface area contributed by atoms with Gasteiger partial charge in [-0.15, -0.1) is 0 Å². The number of carbonyl (C=O) groups is 1. The number of nitrogens with one attached hydrogen (secondary N) is 1. The third kappa shape index (κ3) is 1.99.